The number of aliphatic hydroxyl groups excluding tert-OH is 1. The van der Waals surface area contributed by atoms with Crippen molar-refractivity contribution in [2.75, 3.05) is 6.54 Å². The number of nitrogens with one attached hydrogen (secondary N) is 1. The van der Waals surface area contributed by atoms with Crippen LogP contribution in [0.25, 0.3) is 11.3 Å². The number of carbonyl (C=O) groups is 1. The summed E-state index contributed by atoms with van der Waals surface area (Å²) in [5.74, 6) is 0.238. The van der Waals surface area contributed by atoms with Crippen LogP contribution < -0.4 is 5.32 Å². The van der Waals surface area contributed by atoms with E-state index in [1.165, 1.54) is 11.3 Å². The molecule has 0 aliphatic rings. The zero-order valence-corrected chi connectivity index (χ0v) is 13.1. The molecule has 2 heterocycles. The minimum atomic E-state index is -0.571. The van der Waals surface area contributed by atoms with Crippen molar-refractivity contribution in [3.8, 4) is 11.3 Å². The van der Waals surface area contributed by atoms with Gasteiger partial charge in [-0.1, -0.05) is 35.5 Å². The first kappa shape index (κ1) is 15.5. The summed E-state index contributed by atoms with van der Waals surface area (Å²) in [5, 5.41) is 20.3. The second kappa shape index (κ2) is 7.21. The first-order valence-corrected chi connectivity index (χ1v) is 8.19. The Morgan fingerprint density at radius 3 is 2.87 bits per heavy atom. The van der Waals surface area contributed by atoms with Gasteiger partial charge >= 0.3 is 0 Å². The zero-order valence-electron chi connectivity index (χ0n) is 12.3. The minimum absolute atomic E-state index is 0.230. The van der Waals surface area contributed by atoms with Gasteiger partial charge in [-0.25, -0.2) is 0 Å². The van der Waals surface area contributed by atoms with Crippen molar-refractivity contribution in [3.05, 3.63) is 64.5 Å². The molecular weight excluding hydrogens is 312 g/mol. The predicted octanol–water partition coefficient (Wildman–Crippen LogP) is 3.26. The van der Waals surface area contributed by atoms with Gasteiger partial charge < -0.3 is 14.9 Å². The highest BCUT2D eigenvalue weighted by molar-refractivity contribution is 7.07. The first-order chi connectivity index (χ1) is 11.2. The fourth-order valence-electron chi connectivity index (χ4n) is 2.16. The van der Waals surface area contributed by atoms with Gasteiger partial charge in [-0.05, 0) is 28.8 Å². The summed E-state index contributed by atoms with van der Waals surface area (Å²) in [6.07, 6.45) is -0.120. The molecule has 1 atom stereocenters. The van der Waals surface area contributed by atoms with Crippen molar-refractivity contribution in [3.63, 3.8) is 0 Å². The highest BCUT2D eigenvalue weighted by Gasteiger charge is 2.14. The van der Waals surface area contributed by atoms with E-state index in [1.54, 1.807) is 6.07 Å². The van der Waals surface area contributed by atoms with Gasteiger partial charge in [0.25, 0.3) is 5.91 Å². The third kappa shape index (κ3) is 3.85. The molecule has 2 N–H and O–H groups in total. The van der Waals surface area contributed by atoms with Crippen molar-refractivity contribution in [2.45, 2.75) is 12.5 Å². The van der Waals surface area contributed by atoms with E-state index in [-0.39, 0.29) is 11.6 Å². The molecule has 23 heavy (non-hydrogen) atoms. The van der Waals surface area contributed by atoms with Gasteiger partial charge in [0.05, 0.1) is 6.10 Å². The summed E-state index contributed by atoms with van der Waals surface area (Å²) in [5.41, 5.74) is 1.97. The van der Waals surface area contributed by atoms with Gasteiger partial charge in [0.2, 0.25) is 0 Å². The molecule has 0 saturated carbocycles. The summed E-state index contributed by atoms with van der Waals surface area (Å²) in [6, 6.07) is 13.0. The third-order valence-electron chi connectivity index (χ3n) is 3.43. The minimum Gasteiger partial charge on any atom is -0.388 e. The molecule has 0 radical (unpaired) electrons. The van der Waals surface area contributed by atoms with Crippen molar-refractivity contribution >= 4 is 17.2 Å². The van der Waals surface area contributed by atoms with Gasteiger partial charge in [0, 0.05) is 18.2 Å². The molecule has 3 aromatic rings. The molecule has 1 unspecified atom stereocenters. The van der Waals surface area contributed by atoms with Crippen LogP contribution >= 0.6 is 11.3 Å². The SMILES string of the molecule is O=C(NCCC(O)c1ccsc1)c1cc(-c2ccccc2)on1. The van der Waals surface area contributed by atoms with Crippen molar-refractivity contribution < 1.29 is 14.4 Å². The van der Waals surface area contributed by atoms with Crippen LogP contribution in [0.2, 0.25) is 0 Å². The van der Waals surface area contributed by atoms with Crippen LogP contribution in [0, 0.1) is 0 Å². The molecule has 118 valence electrons. The van der Waals surface area contributed by atoms with E-state index in [1.807, 2.05) is 47.2 Å². The molecule has 1 amide bonds. The predicted molar refractivity (Wildman–Crippen MR) is 88.2 cm³/mol. The molecule has 0 saturated heterocycles. The molecule has 2 aromatic heterocycles. The summed E-state index contributed by atoms with van der Waals surface area (Å²) in [4.78, 5) is 12.0. The summed E-state index contributed by atoms with van der Waals surface area (Å²) < 4.78 is 5.20. The molecule has 0 fully saturated rings. The lowest BCUT2D eigenvalue weighted by molar-refractivity contribution is 0.0934. The van der Waals surface area contributed by atoms with Crippen molar-refractivity contribution in [1.82, 2.24) is 10.5 Å². The molecule has 0 spiro atoms. The van der Waals surface area contributed by atoms with E-state index in [0.29, 0.717) is 18.7 Å². The Morgan fingerprint density at radius 1 is 1.30 bits per heavy atom. The van der Waals surface area contributed by atoms with Gasteiger partial charge in [-0.15, -0.1) is 0 Å². The van der Waals surface area contributed by atoms with Crippen LogP contribution in [-0.2, 0) is 0 Å². The summed E-state index contributed by atoms with van der Waals surface area (Å²) >= 11 is 1.54. The number of rotatable bonds is 6. The summed E-state index contributed by atoms with van der Waals surface area (Å²) in [6.45, 7) is 0.364. The molecule has 0 aliphatic carbocycles. The largest absolute Gasteiger partial charge is 0.388 e. The molecule has 3 rings (SSSR count). The Morgan fingerprint density at radius 2 is 2.13 bits per heavy atom. The Bertz CT molecular complexity index is 753. The topological polar surface area (TPSA) is 75.4 Å². The molecule has 0 bridgehead atoms. The number of thiophene rings is 1. The maximum atomic E-state index is 12.0. The molecular formula is C17H16N2O3S. The van der Waals surface area contributed by atoms with Crippen LogP contribution in [0.5, 0.6) is 0 Å². The van der Waals surface area contributed by atoms with E-state index in [0.717, 1.165) is 11.1 Å². The van der Waals surface area contributed by atoms with Crippen LogP contribution in [0.4, 0.5) is 0 Å². The number of carbonyl (C=O) groups excluding carboxylic acids is 1. The Labute approximate surface area is 137 Å². The lowest BCUT2D eigenvalue weighted by Crippen LogP contribution is -2.25. The smallest absolute Gasteiger partial charge is 0.273 e. The van der Waals surface area contributed by atoms with Gasteiger partial charge in [-0.2, -0.15) is 11.3 Å². The van der Waals surface area contributed by atoms with E-state index in [2.05, 4.69) is 10.5 Å². The Balaban J connectivity index is 1.54. The van der Waals surface area contributed by atoms with E-state index in [4.69, 9.17) is 4.52 Å². The average molecular weight is 328 g/mol. The fraction of sp³-hybridized carbons (Fsp3) is 0.176. The third-order valence-corrected chi connectivity index (χ3v) is 4.13. The van der Waals surface area contributed by atoms with Gasteiger partial charge in [0.15, 0.2) is 11.5 Å². The highest BCUT2D eigenvalue weighted by Crippen LogP contribution is 2.20. The molecule has 0 aliphatic heterocycles. The lowest BCUT2D eigenvalue weighted by atomic mass is 10.1. The normalized spacial score (nSPS) is 12.0. The quantitative estimate of drug-likeness (QED) is 0.728. The summed E-state index contributed by atoms with van der Waals surface area (Å²) in [7, 11) is 0. The number of hydrogen-bond acceptors (Lipinski definition) is 5. The Hall–Kier alpha value is -2.44. The number of amides is 1. The maximum absolute atomic E-state index is 12.0. The van der Waals surface area contributed by atoms with Crippen molar-refractivity contribution in [1.29, 1.82) is 0 Å². The average Bonchev–Trinajstić information content (AvgIpc) is 3.27. The van der Waals surface area contributed by atoms with E-state index in [9.17, 15) is 9.90 Å². The Kier molecular flexibility index (Phi) is 4.85. The molecule has 6 heteroatoms. The zero-order chi connectivity index (χ0) is 16.1. The van der Waals surface area contributed by atoms with Gasteiger partial charge in [0.1, 0.15) is 0 Å². The number of aromatic nitrogens is 1. The number of nitrogens with zero attached hydrogens (tertiary/aromatic N) is 1. The number of benzene rings is 1. The second-order valence-corrected chi connectivity index (χ2v) is 5.84. The first-order valence-electron chi connectivity index (χ1n) is 7.24. The number of aliphatic hydroxyl groups is 1. The standard InChI is InChI=1S/C17H16N2O3S/c20-15(13-7-9-23-11-13)6-8-18-17(21)14-10-16(22-19-14)12-4-2-1-3-5-12/h1-5,7,9-11,15,20H,6,8H2,(H,18,21). The molecule has 1 aromatic carbocycles. The maximum Gasteiger partial charge on any atom is 0.273 e. The van der Waals surface area contributed by atoms with E-state index < -0.39 is 6.10 Å². The number of hydrogen-bond donors (Lipinski definition) is 2. The highest BCUT2D eigenvalue weighted by atomic mass is 32.1. The monoisotopic (exact) mass is 328 g/mol. The molecule has 5 nitrogen and oxygen atoms in total. The van der Waals surface area contributed by atoms with Crippen LogP contribution in [0.1, 0.15) is 28.6 Å². The van der Waals surface area contributed by atoms with Crippen LogP contribution in [0.3, 0.4) is 0 Å². The fourth-order valence-corrected chi connectivity index (χ4v) is 2.87. The van der Waals surface area contributed by atoms with Crippen LogP contribution in [-0.4, -0.2) is 22.7 Å². The van der Waals surface area contributed by atoms with Crippen molar-refractivity contribution in [2.24, 2.45) is 0 Å². The van der Waals surface area contributed by atoms with E-state index >= 15 is 0 Å². The second-order valence-electron chi connectivity index (χ2n) is 5.06. The van der Waals surface area contributed by atoms with Crippen LogP contribution in [0.15, 0.2) is 57.7 Å². The lowest BCUT2D eigenvalue weighted by Gasteiger charge is -2.08. The van der Waals surface area contributed by atoms with Gasteiger partial charge in [-0.3, -0.25) is 4.79 Å².